The number of aryl methyl sites for hydroxylation is 2. The monoisotopic (exact) mass is 467 g/mol. The molecule has 0 radical (unpaired) electrons. The van der Waals surface area contributed by atoms with E-state index in [-0.39, 0.29) is 4.87 Å². The lowest BCUT2D eigenvalue weighted by molar-refractivity contribution is -0.116. The molecule has 2 aromatic carbocycles. The van der Waals surface area contributed by atoms with Crippen LogP contribution in [0.1, 0.15) is 19.4 Å². The molecule has 160 valence electrons. The van der Waals surface area contributed by atoms with Gasteiger partial charge in [-0.15, -0.1) is 0 Å². The van der Waals surface area contributed by atoms with E-state index in [4.69, 9.17) is 11.6 Å². The number of amides is 1. The van der Waals surface area contributed by atoms with E-state index in [0.717, 1.165) is 37.7 Å². The van der Waals surface area contributed by atoms with Crippen LogP contribution < -0.4 is 14.5 Å². The van der Waals surface area contributed by atoms with E-state index in [1.807, 2.05) is 13.8 Å². The first-order valence-electron chi connectivity index (χ1n) is 9.22. The number of nitrogens with one attached hydrogen (secondary N) is 1. The molecule has 1 atom stereocenters. The number of thiazole rings is 1. The summed E-state index contributed by atoms with van der Waals surface area (Å²) in [5, 5.41) is 3.16. The number of fused-ring (bicyclic) bond motifs is 1. The molecule has 0 aliphatic rings. The zero-order valence-corrected chi connectivity index (χ0v) is 19.4. The Morgan fingerprint density at radius 1 is 1.27 bits per heavy atom. The van der Waals surface area contributed by atoms with Crippen LogP contribution in [0.4, 0.5) is 11.4 Å². The van der Waals surface area contributed by atoms with Gasteiger partial charge >= 0.3 is 4.87 Å². The summed E-state index contributed by atoms with van der Waals surface area (Å²) in [6, 6.07) is 9.00. The fourth-order valence-electron chi connectivity index (χ4n) is 3.22. The summed E-state index contributed by atoms with van der Waals surface area (Å²) >= 11 is 7.25. The van der Waals surface area contributed by atoms with Crippen LogP contribution in [0.5, 0.6) is 0 Å². The van der Waals surface area contributed by atoms with Crippen molar-refractivity contribution in [3.63, 3.8) is 0 Å². The lowest BCUT2D eigenvalue weighted by Crippen LogP contribution is -2.45. The van der Waals surface area contributed by atoms with Crippen LogP contribution in [0.2, 0.25) is 5.02 Å². The number of rotatable bonds is 6. The van der Waals surface area contributed by atoms with Gasteiger partial charge < -0.3 is 5.32 Å². The highest BCUT2D eigenvalue weighted by Crippen LogP contribution is 2.27. The first-order valence-corrected chi connectivity index (χ1v) is 12.3. The van der Waals surface area contributed by atoms with E-state index in [1.54, 1.807) is 34.9 Å². The zero-order chi connectivity index (χ0) is 22.2. The molecule has 1 N–H and O–H groups in total. The van der Waals surface area contributed by atoms with E-state index in [0.29, 0.717) is 22.9 Å². The summed E-state index contributed by atoms with van der Waals surface area (Å²) in [6.45, 7) is 5.77. The van der Waals surface area contributed by atoms with Crippen molar-refractivity contribution in [2.45, 2.75) is 33.4 Å². The molecular formula is C20H22ClN3O4S2. The average Bonchev–Trinajstić information content (AvgIpc) is 2.97. The molecule has 30 heavy (non-hydrogen) atoms. The fourth-order valence-corrected chi connectivity index (χ4v) is 5.55. The molecule has 0 spiro atoms. The Hall–Kier alpha value is -2.36. The third kappa shape index (κ3) is 4.38. The molecule has 3 rings (SSSR count). The Morgan fingerprint density at radius 3 is 2.57 bits per heavy atom. The van der Waals surface area contributed by atoms with Crippen LogP contribution in [0.3, 0.4) is 0 Å². The number of hydrogen-bond donors (Lipinski definition) is 1. The second-order valence-corrected chi connectivity index (χ2v) is 10.2. The number of benzene rings is 2. The van der Waals surface area contributed by atoms with Crippen molar-refractivity contribution in [2.24, 2.45) is 0 Å². The van der Waals surface area contributed by atoms with Crippen molar-refractivity contribution in [3.8, 4) is 0 Å². The van der Waals surface area contributed by atoms with E-state index >= 15 is 0 Å². The lowest BCUT2D eigenvalue weighted by Gasteiger charge is -2.28. The molecule has 10 heteroatoms. The van der Waals surface area contributed by atoms with Gasteiger partial charge in [-0.2, -0.15) is 0 Å². The van der Waals surface area contributed by atoms with Gasteiger partial charge in [0.2, 0.25) is 15.9 Å². The maximum absolute atomic E-state index is 12.9. The molecule has 1 aromatic heterocycles. The summed E-state index contributed by atoms with van der Waals surface area (Å²) in [5.74, 6) is -0.501. The molecule has 0 saturated carbocycles. The van der Waals surface area contributed by atoms with Crippen molar-refractivity contribution >= 4 is 60.5 Å². The first-order chi connectivity index (χ1) is 14.0. The van der Waals surface area contributed by atoms with Crippen LogP contribution in [0.15, 0.2) is 41.2 Å². The van der Waals surface area contributed by atoms with E-state index in [1.165, 1.54) is 13.0 Å². The fraction of sp³-hybridized carbons (Fsp3) is 0.300. The molecule has 0 aliphatic heterocycles. The molecule has 0 bridgehead atoms. The molecular weight excluding hydrogens is 446 g/mol. The summed E-state index contributed by atoms with van der Waals surface area (Å²) in [6.07, 6.45) is 1.04. The molecule has 1 heterocycles. The van der Waals surface area contributed by atoms with Crippen molar-refractivity contribution in [2.75, 3.05) is 15.9 Å². The van der Waals surface area contributed by atoms with Gasteiger partial charge in [0.15, 0.2) is 0 Å². The Labute approximate surface area is 183 Å². The summed E-state index contributed by atoms with van der Waals surface area (Å²) in [5.41, 5.74) is 2.39. The first kappa shape index (κ1) is 22.3. The van der Waals surface area contributed by atoms with E-state index in [2.05, 4.69) is 5.32 Å². The maximum Gasteiger partial charge on any atom is 0.308 e. The second kappa shape index (κ2) is 8.41. The number of anilines is 2. The molecule has 0 fully saturated rings. The van der Waals surface area contributed by atoms with Crippen LogP contribution in [-0.2, 0) is 21.4 Å². The molecule has 1 amide bonds. The van der Waals surface area contributed by atoms with E-state index < -0.39 is 22.0 Å². The number of carbonyl (C=O) groups excluding carboxylic acids is 1. The molecule has 7 nitrogen and oxygen atoms in total. The average molecular weight is 468 g/mol. The molecule has 0 unspecified atom stereocenters. The van der Waals surface area contributed by atoms with Crippen LogP contribution >= 0.6 is 22.9 Å². The summed E-state index contributed by atoms with van der Waals surface area (Å²) < 4.78 is 28.3. The van der Waals surface area contributed by atoms with Gasteiger partial charge in [-0.3, -0.25) is 18.5 Å². The number of halogens is 1. The van der Waals surface area contributed by atoms with Crippen LogP contribution in [0, 0.1) is 6.92 Å². The Bertz CT molecular complexity index is 1280. The van der Waals surface area contributed by atoms with Gasteiger partial charge in [0.25, 0.3) is 0 Å². The van der Waals surface area contributed by atoms with Gasteiger partial charge in [0.1, 0.15) is 6.04 Å². The molecule has 3 aromatic rings. The standard InChI is InChI=1S/C20H22ClN3O4S2/c1-5-23-17-9-7-14(10-18(17)29-20(23)26)22-19(25)13(3)24(30(4,27)28)15-8-6-12(2)16(21)11-15/h6-11,13H,5H2,1-4H3,(H,22,25)/t13-/m0/s1. The predicted octanol–water partition coefficient (Wildman–Crippen LogP) is 3.84. The highest BCUT2D eigenvalue weighted by molar-refractivity contribution is 7.92. The van der Waals surface area contributed by atoms with Gasteiger partial charge in [-0.1, -0.05) is 29.0 Å². The zero-order valence-electron chi connectivity index (χ0n) is 17.0. The minimum atomic E-state index is -3.75. The van der Waals surface area contributed by atoms with E-state index in [9.17, 15) is 18.0 Å². The van der Waals surface area contributed by atoms with Crippen molar-refractivity contribution in [1.82, 2.24) is 4.57 Å². The Morgan fingerprint density at radius 2 is 1.97 bits per heavy atom. The third-order valence-electron chi connectivity index (χ3n) is 4.75. The second-order valence-electron chi connectivity index (χ2n) is 6.95. The number of hydrogen-bond acceptors (Lipinski definition) is 5. The number of carbonyl (C=O) groups is 1. The van der Waals surface area contributed by atoms with Gasteiger partial charge in [-0.25, -0.2) is 8.42 Å². The third-order valence-corrected chi connectivity index (χ3v) is 7.34. The van der Waals surface area contributed by atoms with Crippen molar-refractivity contribution in [1.29, 1.82) is 0 Å². The number of sulfonamides is 1. The minimum absolute atomic E-state index is 0.0659. The van der Waals surface area contributed by atoms with Crippen molar-refractivity contribution < 1.29 is 13.2 Å². The topological polar surface area (TPSA) is 88.5 Å². The number of nitrogens with zero attached hydrogens (tertiary/aromatic N) is 2. The highest BCUT2D eigenvalue weighted by atomic mass is 35.5. The van der Waals surface area contributed by atoms with Gasteiger partial charge in [0.05, 0.1) is 22.2 Å². The summed E-state index contributed by atoms with van der Waals surface area (Å²) in [4.78, 5) is 24.8. The van der Waals surface area contributed by atoms with Crippen LogP contribution in [-0.4, -0.2) is 31.2 Å². The van der Waals surface area contributed by atoms with Gasteiger partial charge in [0, 0.05) is 17.3 Å². The number of aromatic nitrogens is 1. The lowest BCUT2D eigenvalue weighted by atomic mass is 10.2. The predicted molar refractivity (Wildman–Crippen MR) is 123 cm³/mol. The SMILES string of the molecule is CCn1c(=O)sc2cc(NC(=O)[C@H](C)N(c3ccc(C)c(Cl)c3)S(C)(=O)=O)ccc21. The molecule has 0 aliphatic carbocycles. The van der Waals surface area contributed by atoms with Gasteiger partial charge in [-0.05, 0) is 56.7 Å². The minimum Gasteiger partial charge on any atom is -0.324 e. The smallest absolute Gasteiger partial charge is 0.308 e. The largest absolute Gasteiger partial charge is 0.324 e. The molecule has 0 saturated heterocycles. The summed E-state index contributed by atoms with van der Waals surface area (Å²) in [7, 11) is -3.75. The normalized spacial score (nSPS) is 12.7. The Balaban J connectivity index is 1.91. The highest BCUT2D eigenvalue weighted by Gasteiger charge is 2.29. The quantitative estimate of drug-likeness (QED) is 0.596. The van der Waals surface area contributed by atoms with Crippen molar-refractivity contribution in [3.05, 3.63) is 56.7 Å². The maximum atomic E-state index is 12.9. The Kier molecular flexibility index (Phi) is 6.26. The van der Waals surface area contributed by atoms with Crippen LogP contribution in [0.25, 0.3) is 10.2 Å².